The molecule has 1 amide bonds. The number of carbonyl (C=O) groups is 1. The molecule has 1 aromatic heterocycles. The number of hydrogen-bond acceptors (Lipinski definition) is 5. The molecule has 0 bridgehead atoms. The number of aryl methyl sites for hydroxylation is 2. The summed E-state index contributed by atoms with van der Waals surface area (Å²) in [5.41, 5.74) is 1.42. The van der Waals surface area contributed by atoms with E-state index < -0.39 is 10.0 Å². The molecular weight excluding hydrogens is 464 g/mol. The summed E-state index contributed by atoms with van der Waals surface area (Å²) >= 11 is 5.86. The van der Waals surface area contributed by atoms with E-state index in [-0.39, 0.29) is 10.8 Å². The second-order valence-corrected chi connectivity index (χ2v) is 10.6. The number of imidazole rings is 1. The molecule has 0 N–H and O–H groups in total. The van der Waals surface area contributed by atoms with Crippen LogP contribution >= 0.6 is 11.6 Å². The van der Waals surface area contributed by atoms with Crippen LogP contribution in [-0.2, 0) is 28.3 Å². The van der Waals surface area contributed by atoms with E-state index in [1.807, 2.05) is 23.7 Å². The highest BCUT2D eigenvalue weighted by Crippen LogP contribution is 2.22. The van der Waals surface area contributed by atoms with Crippen LogP contribution in [0.5, 0.6) is 5.75 Å². The van der Waals surface area contributed by atoms with Crippen LogP contribution in [0.1, 0.15) is 18.7 Å². The fourth-order valence-corrected chi connectivity index (χ4v) is 4.43. The normalized spacial score (nSPS) is 11.8. The Morgan fingerprint density at radius 3 is 2.48 bits per heavy atom. The van der Waals surface area contributed by atoms with Crippen molar-refractivity contribution in [3.8, 4) is 5.75 Å². The quantitative estimate of drug-likeness (QED) is 0.405. The summed E-state index contributed by atoms with van der Waals surface area (Å²) in [5.74, 6) is 1.50. The number of halogens is 1. The molecule has 0 atom stereocenters. The summed E-state index contributed by atoms with van der Waals surface area (Å²) in [6.45, 7) is 1.09. The Morgan fingerprint density at radius 1 is 1.12 bits per heavy atom. The van der Waals surface area contributed by atoms with Crippen LogP contribution < -0.4 is 4.74 Å². The van der Waals surface area contributed by atoms with Gasteiger partial charge in [-0.1, -0.05) is 11.6 Å². The maximum Gasteiger partial charge on any atom is 0.242 e. The second-order valence-electron chi connectivity index (χ2n) is 8.00. The highest BCUT2D eigenvalue weighted by atomic mass is 35.5. The zero-order valence-electron chi connectivity index (χ0n) is 19.3. The largest absolute Gasteiger partial charge is 0.494 e. The third kappa shape index (κ3) is 6.04. The molecule has 0 unspecified atom stereocenters. The van der Waals surface area contributed by atoms with Gasteiger partial charge in [-0.25, -0.2) is 17.7 Å². The van der Waals surface area contributed by atoms with Crippen molar-refractivity contribution < 1.29 is 17.9 Å². The third-order valence-electron chi connectivity index (χ3n) is 5.43. The molecule has 2 aromatic carbocycles. The predicted molar refractivity (Wildman–Crippen MR) is 129 cm³/mol. The van der Waals surface area contributed by atoms with Crippen LogP contribution in [-0.4, -0.2) is 67.4 Å². The Bertz CT molecular complexity index is 1220. The van der Waals surface area contributed by atoms with Gasteiger partial charge in [0.1, 0.15) is 11.6 Å². The molecule has 0 fully saturated rings. The summed E-state index contributed by atoms with van der Waals surface area (Å²) in [4.78, 5) is 19.0. The van der Waals surface area contributed by atoms with E-state index in [0.29, 0.717) is 43.0 Å². The van der Waals surface area contributed by atoms with Crippen molar-refractivity contribution in [2.24, 2.45) is 7.05 Å². The molecule has 0 radical (unpaired) electrons. The monoisotopic (exact) mass is 492 g/mol. The minimum atomic E-state index is -3.53. The van der Waals surface area contributed by atoms with E-state index in [1.54, 1.807) is 42.3 Å². The average Bonchev–Trinajstić information content (AvgIpc) is 3.10. The highest BCUT2D eigenvalue weighted by molar-refractivity contribution is 7.89. The Morgan fingerprint density at radius 2 is 1.82 bits per heavy atom. The second kappa shape index (κ2) is 10.5. The lowest BCUT2D eigenvalue weighted by Crippen LogP contribution is -2.29. The number of sulfonamides is 1. The molecule has 0 saturated heterocycles. The van der Waals surface area contributed by atoms with Crippen molar-refractivity contribution in [1.82, 2.24) is 18.8 Å². The number of hydrogen-bond donors (Lipinski definition) is 0. The molecule has 0 spiro atoms. The first-order chi connectivity index (χ1) is 15.6. The molecule has 0 aliphatic rings. The molecule has 0 aliphatic heterocycles. The first kappa shape index (κ1) is 25.0. The van der Waals surface area contributed by atoms with Gasteiger partial charge in [-0.15, -0.1) is 0 Å². The number of amides is 1. The van der Waals surface area contributed by atoms with Gasteiger partial charge in [-0.05, 0) is 48.9 Å². The fourth-order valence-electron chi connectivity index (χ4n) is 3.38. The zero-order chi connectivity index (χ0) is 24.2. The van der Waals surface area contributed by atoms with Crippen LogP contribution in [0.4, 0.5) is 0 Å². The maximum absolute atomic E-state index is 12.6. The molecule has 1 heterocycles. The maximum atomic E-state index is 12.6. The lowest BCUT2D eigenvalue weighted by Gasteiger charge is -2.17. The highest BCUT2D eigenvalue weighted by Gasteiger charge is 2.19. The lowest BCUT2D eigenvalue weighted by atomic mass is 10.2. The predicted octanol–water partition coefficient (Wildman–Crippen LogP) is 3.34. The summed E-state index contributed by atoms with van der Waals surface area (Å²) in [7, 11) is 3.10. The zero-order valence-corrected chi connectivity index (χ0v) is 20.9. The fraction of sp³-hybridized carbons (Fsp3) is 0.391. The van der Waals surface area contributed by atoms with Crippen LogP contribution in [0.3, 0.4) is 0 Å². The first-order valence-electron chi connectivity index (χ1n) is 10.6. The summed E-state index contributed by atoms with van der Waals surface area (Å²) in [6, 6.07) is 12.1. The van der Waals surface area contributed by atoms with Crippen LogP contribution in [0.15, 0.2) is 47.4 Å². The van der Waals surface area contributed by atoms with Gasteiger partial charge in [0, 0.05) is 52.6 Å². The number of aromatic nitrogens is 2. The number of benzene rings is 2. The van der Waals surface area contributed by atoms with Crippen molar-refractivity contribution in [3.63, 3.8) is 0 Å². The van der Waals surface area contributed by atoms with Gasteiger partial charge in [0.15, 0.2) is 0 Å². The molecule has 3 rings (SSSR count). The van der Waals surface area contributed by atoms with Gasteiger partial charge in [0.25, 0.3) is 0 Å². The standard InChI is InChI=1S/C23H29ClN4O4S/c1-26(2)33(30,31)19-10-11-21-20(16-19)25-22(28(21)4)12-13-23(29)27(3)14-5-15-32-18-8-6-17(24)7-9-18/h6-11,16H,5,12-15H2,1-4H3. The first-order valence-corrected chi connectivity index (χ1v) is 12.4. The van der Waals surface area contributed by atoms with Gasteiger partial charge in [-0.2, -0.15) is 0 Å². The van der Waals surface area contributed by atoms with E-state index in [1.165, 1.54) is 18.4 Å². The van der Waals surface area contributed by atoms with Crippen molar-refractivity contribution in [3.05, 3.63) is 53.3 Å². The minimum absolute atomic E-state index is 0.0180. The lowest BCUT2D eigenvalue weighted by molar-refractivity contribution is -0.130. The molecule has 3 aromatic rings. The Kier molecular flexibility index (Phi) is 7.99. The Hall–Kier alpha value is -2.62. The van der Waals surface area contributed by atoms with Crippen LogP contribution in [0, 0.1) is 0 Å². The van der Waals surface area contributed by atoms with E-state index in [0.717, 1.165) is 17.1 Å². The van der Waals surface area contributed by atoms with Gasteiger partial charge in [0.2, 0.25) is 15.9 Å². The smallest absolute Gasteiger partial charge is 0.242 e. The number of nitrogens with zero attached hydrogens (tertiary/aromatic N) is 4. The number of rotatable bonds is 10. The number of fused-ring (bicyclic) bond motifs is 1. The van der Waals surface area contributed by atoms with E-state index >= 15 is 0 Å². The SMILES string of the molecule is CN(CCCOc1ccc(Cl)cc1)C(=O)CCc1nc2cc(S(=O)(=O)N(C)C)ccc2n1C. The van der Waals surface area contributed by atoms with E-state index in [4.69, 9.17) is 16.3 Å². The topological polar surface area (TPSA) is 84.7 Å². The summed E-state index contributed by atoms with van der Waals surface area (Å²) in [5, 5.41) is 0.660. The van der Waals surface area contributed by atoms with Crippen molar-refractivity contribution >= 4 is 38.6 Å². The molecule has 10 heteroatoms. The van der Waals surface area contributed by atoms with E-state index in [2.05, 4.69) is 4.98 Å². The molecule has 33 heavy (non-hydrogen) atoms. The van der Waals surface area contributed by atoms with Crippen molar-refractivity contribution in [2.45, 2.75) is 24.2 Å². The molecular formula is C23H29ClN4O4S. The van der Waals surface area contributed by atoms with Crippen LogP contribution in [0.2, 0.25) is 5.02 Å². The molecule has 178 valence electrons. The van der Waals surface area contributed by atoms with Crippen LogP contribution in [0.25, 0.3) is 11.0 Å². The Balaban J connectivity index is 1.53. The van der Waals surface area contributed by atoms with Gasteiger partial charge in [-0.3, -0.25) is 4.79 Å². The molecule has 8 nitrogen and oxygen atoms in total. The number of ether oxygens (including phenoxy) is 1. The van der Waals surface area contributed by atoms with E-state index in [9.17, 15) is 13.2 Å². The van der Waals surface area contributed by atoms with Crippen molar-refractivity contribution in [1.29, 1.82) is 0 Å². The third-order valence-corrected chi connectivity index (χ3v) is 7.50. The average molecular weight is 493 g/mol. The van der Waals surface area contributed by atoms with Gasteiger partial charge < -0.3 is 14.2 Å². The summed E-state index contributed by atoms with van der Waals surface area (Å²) < 4.78 is 33.5. The van der Waals surface area contributed by atoms with Crippen molar-refractivity contribution in [2.75, 3.05) is 34.3 Å². The number of carbonyl (C=O) groups excluding carboxylic acids is 1. The minimum Gasteiger partial charge on any atom is -0.494 e. The Labute approximate surface area is 199 Å². The molecule has 0 saturated carbocycles. The molecule has 0 aliphatic carbocycles. The summed E-state index contributed by atoms with van der Waals surface area (Å²) in [6.07, 6.45) is 1.49. The van der Waals surface area contributed by atoms with Gasteiger partial charge in [0.05, 0.1) is 22.5 Å². The van der Waals surface area contributed by atoms with Gasteiger partial charge >= 0.3 is 0 Å².